The van der Waals surface area contributed by atoms with Crippen molar-refractivity contribution in [2.24, 2.45) is 0 Å². The summed E-state index contributed by atoms with van der Waals surface area (Å²) in [5.41, 5.74) is 2.23. The summed E-state index contributed by atoms with van der Waals surface area (Å²) in [6, 6.07) is 14.7. The number of carboxylic acid groups (broad SMARTS) is 1. The summed E-state index contributed by atoms with van der Waals surface area (Å²) in [7, 11) is 0. The van der Waals surface area contributed by atoms with Crippen LogP contribution in [0.25, 0.3) is 10.8 Å². The molecule has 114 valence electrons. The minimum atomic E-state index is -1.18. The van der Waals surface area contributed by atoms with Crippen molar-refractivity contribution >= 4 is 22.6 Å². The van der Waals surface area contributed by atoms with Crippen LogP contribution in [-0.4, -0.2) is 21.7 Å². The molecular weight excluding hydrogens is 296 g/mol. The third kappa shape index (κ3) is 2.69. The molecule has 0 fully saturated rings. The number of amides is 1. The molecule has 0 radical (unpaired) electrons. The van der Waals surface area contributed by atoms with Crippen molar-refractivity contribution in [3.8, 4) is 0 Å². The fourth-order valence-corrected chi connectivity index (χ4v) is 2.31. The summed E-state index contributed by atoms with van der Waals surface area (Å²) in [6.07, 6.45) is 1.12. The molecule has 1 aromatic heterocycles. The first-order valence-electron chi connectivity index (χ1n) is 6.82. The lowest BCUT2D eigenvalue weighted by molar-refractivity contribution is 0.0697. The van der Waals surface area contributed by atoms with Crippen LogP contribution in [0.5, 0.6) is 0 Å². The number of rotatable bonds is 3. The third-order valence-electron chi connectivity index (χ3n) is 3.41. The number of aromatic carboxylic acids is 1. The molecule has 0 aliphatic carbocycles. The van der Waals surface area contributed by atoms with E-state index in [1.807, 2.05) is 0 Å². The Balaban J connectivity index is 2.11. The standard InChI is InChI=1S/C17H12N2O4/c20-15(11-6-2-1-3-7-11)18-19-10-14(17(22)23)12-8-4-5-9-13(12)16(19)21/h1-10H,(H,18,20)(H,22,23). The van der Waals surface area contributed by atoms with Gasteiger partial charge in [0, 0.05) is 22.5 Å². The minimum absolute atomic E-state index is 0.0615. The van der Waals surface area contributed by atoms with Crippen LogP contribution >= 0.6 is 0 Å². The van der Waals surface area contributed by atoms with Crippen LogP contribution in [0.15, 0.2) is 65.6 Å². The first-order valence-corrected chi connectivity index (χ1v) is 6.82. The number of fused-ring (bicyclic) bond motifs is 1. The average Bonchev–Trinajstić information content (AvgIpc) is 2.58. The third-order valence-corrected chi connectivity index (χ3v) is 3.41. The van der Waals surface area contributed by atoms with E-state index in [0.717, 1.165) is 10.9 Å². The van der Waals surface area contributed by atoms with Crippen molar-refractivity contribution in [2.45, 2.75) is 0 Å². The van der Waals surface area contributed by atoms with E-state index in [1.165, 1.54) is 6.07 Å². The van der Waals surface area contributed by atoms with E-state index in [-0.39, 0.29) is 10.9 Å². The molecule has 0 bridgehead atoms. The van der Waals surface area contributed by atoms with E-state index < -0.39 is 17.4 Å². The quantitative estimate of drug-likeness (QED) is 0.775. The molecule has 3 aromatic rings. The summed E-state index contributed by atoms with van der Waals surface area (Å²) in [6.45, 7) is 0. The predicted octanol–water partition coefficient (Wildman–Crippen LogP) is 2.08. The molecule has 0 aliphatic heterocycles. The maximum absolute atomic E-state index is 12.4. The van der Waals surface area contributed by atoms with Crippen molar-refractivity contribution in [1.29, 1.82) is 0 Å². The van der Waals surface area contributed by atoms with Crippen LogP contribution in [0.2, 0.25) is 0 Å². The number of carbonyl (C=O) groups is 2. The number of pyridine rings is 1. The van der Waals surface area contributed by atoms with Gasteiger partial charge in [0.2, 0.25) is 0 Å². The largest absolute Gasteiger partial charge is 0.478 e. The Hall–Kier alpha value is -3.41. The maximum Gasteiger partial charge on any atom is 0.337 e. The van der Waals surface area contributed by atoms with Gasteiger partial charge in [-0.1, -0.05) is 36.4 Å². The molecule has 0 saturated heterocycles. The molecule has 0 spiro atoms. The van der Waals surface area contributed by atoms with Crippen molar-refractivity contribution in [2.75, 3.05) is 5.43 Å². The van der Waals surface area contributed by atoms with Gasteiger partial charge in [-0.05, 0) is 18.2 Å². The van der Waals surface area contributed by atoms with E-state index in [2.05, 4.69) is 5.43 Å². The topological polar surface area (TPSA) is 88.4 Å². The second-order valence-corrected chi connectivity index (χ2v) is 4.88. The van der Waals surface area contributed by atoms with Crippen LogP contribution < -0.4 is 11.0 Å². The van der Waals surface area contributed by atoms with Gasteiger partial charge in [-0.15, -0.1) is 0 Å². The normalized spacial score (nSPS) is 10.4. The number of carboxylic acids is 1. The molecule has 1 amide bonds. The Morgan fingerprint density at radius 3 is 2.17 bits per heavy atom. The molecule has 0 saturated carbocycles. The Morgan fingerprint density at radius 1 is 0.913 bits per heavy atom. The predicted molar refractivity (Wildman–Crippen MR) is 85.3 cm³/mol. The van der Waals surface area contributed by atoms with E-state index in [9.17, 15) is 19.5 Å². The number of hydrogen-bond acceptors (Lipinski definition) is 3. The zero-order valence-electron chi connectivity index (χ0n) is 11.9. The van der Waals surface area contributed by atoms with Crippen molar-refractivity contribution < 1.29 is 14.7 Å². The van der Waals surface area contributed by atoms with Crippen LogP contribution in [0, 0.1) is 0 Å². The fraction of sp³-hybridized carbons (Fsp3) is 0. The lowest BCUT2D eigenvalue weighted by Crippen LogP contribution is -2.33. The molecule has 2 aromatic carbocycles. The maximum atomic E-state index is 12.4. The van der Waals surface area contributed by atoms with Crippen LogP contribution in [-0.2, 0) is 0 Å². The van der Waals surface area contributed by atoms with E-state index >= 15 is 0 Å². The number of benzene rings is 2. The number of nitrogens with one attached hydrogen (secondary N) is 1. The highest BCUT2D eigenvalue weighted by Crippen LogP contribution is 2.15. The monoisotopic (exact) mass is 308 g/mol. The molecule has 3 rings (SSSR count). The van der Waals surface area contributed by atoms with Gasteiger partial charge in [-0.25, -0.2) is 9.47 Å². The van der Waals surface area contributed by atoms with E-state index in [0.29, 0.717) is 10.9 Å². The van der Waals surface area contributed by atoms with Crippen LogP contribution in [0.3, 0.4) is 0 Å². The molecule has 2 N–H and O–H groups in total. The van der Waals surface area contributed by atoms with Crippen molar-refractivity contribution in [3.05, 3.63) is 82.3 Å². The Bertz CT molecular complexity index is 961. The Labute approximate surface area is 130 Å². The van der Waals surface area contributed by atoms with Gasteiger partial charge in [0.15, 0.2) is 0 Å². The highest BCUT2D eigenvalue weighted by Gasteiger charge is 2.15. The summed E-state index contributed by atoms with van der Waals surface area (Å²) in [5, 5.41) is 9.87. The minimum Gasteiger partial charge on any atom is -0.478 e. The SMILES string of the molecule is O=C(Nn1cc(C(=O)O)c2ccccc2c1=O)c1ccccc1. The second kappa shape index (κ2) is 5.76. The summed E-state index contributed by atoms with van der Waals surface area (Å²) >= 11 is 0. The summed E-state index contributed by atoms with van der Waals surface area (Å²) in [5.74, 6) is -1.68. The zero-order chi connectivity index (χ0) is 16.4. The molecule has 0 unspecified atom stereocenters. The molecular formula is C17H12N2O4. The van der Waals surface area contributed by atoms with Crippen molar-refractivity contribution in [3.63, 3.8) is 0 Å². The smallest absolute Gasteiger partial charge is 0.337 e. The van der Waals surface area contributed by atoms with E-state index in [4.69, 9.17) is 0 Å². The zero-order valence-corrected chi connectivity index (χ0v) is 11.9. The van der Waals surface area contributed by atoms with Gasteiger partial charge in [0.1, 0.15) is 0 Å². The fourth-order valence-electron chi connectivity index (χ4n) is 2.31. The van der Waals surface area contributed by atoms with Gasteiger partial charge in [-0.3, -0.25) is 15.0 Å². The first-order chi connectivity index (χ1) is 11.1. The molecule has 23 heavy (non-hydrogen) atoms. The van der Waals surface area contributed by atoms with Crippen molar-refractivity contribution in [1.82, 2.24) is 4.68 Å². The molecule has 1 heterocycles. The average molecular weight is 308 g/mol. The van der Waals surface area contributed by atoms with Gasteiger partial charge >= 0.3 is 5.97 Å². The Morgan fingerprint density at radius 2 is 1.52 bits per heavy atom. The second-order valence-electron chi connectivity index (χ2n) is 4.88. The van der Waals surface area contributed by atoms with Gasteiger partial charge in [0.05, 0.1) is 5.56 Å². The number of nitrogens with zero attached hydrogens (tertiary/aromatic N) is 1. The highest BCUT2D eigenvalue weighted by atomic mass is 16.4. The number of hydrogen-bond donors (Lipinski definition) is 2. The number of aromatic nitrogens is 1. The lowest BCUT2D eigenvalue weighted by Gasteiger charge is -2.11. The van der Waals surface area contributed by atoms with Gasteiger partial charge in [0.25, 0.3) is 11.5 Å². The molecule has 6 heteroatoms. The number of carbonyl (C=O) groups excluding carboxylic acids is 1. The van der Waals surface area contributed by atoms with Gasteiger partial charge < -0.3 is 5.11 Å². The molecule has 0 aliphatic rings. The summed E-state index contributed by atoms with van der Waals surface area (Å²) < 4.78 is 0.904. The Kier molecular flexibility index (Phi) is 3.64. The lowest BCUT2D eigenvalue weighted by atomic mass is 10.1. The molecule has 6 nitrogen and oxygen atoms in total. The molecule has 0 atom stereocenters. The summed E-state index contributed by atoms with van der Waals surface area (Å²) in [4.78, 5) is 36.0. The first kappa shape index (κ1) is 14.5. The van der Waals surface area contributed by atoms with Gasteiger partial charge in [-0.2, -0.15) is 0 Å². The van der Waals surface area contributed by atoms with Crippen LogP contribution in [0.1, 0.15) is 20.7 Å². The van der Waals surface area contributed by atoms with Crippen LogP contribution in [0.4, 0.5) is 0 Å². The highest BCUT2D eigenvalue weighted by molar-refractivity contribution is 6.04. The van der Waals surface area contributed by atoms with E-state index in [1.54, 1.807) is 48.5 Å².